The maximum absolute atomic E-state index is 13.4. The van der Waals surface area contributed by atoms with Gasteiger partial charge in [0, 0.05) is 12.6 Å². The molecule has 0 saturated carbocycles. The van der Waals surface area contributed by atoms with Crippen LogP contribution in [0.4, 0.5) is 10.1 Å². The highest BCUT2D eigenvalue weighted by atomic mass is 19.1. The lowest BCUT2D eigenvalue weighted by atomic mass is 10.1. The van der Waals surface area contributed by atoms with Crippen LogP contribution >= 0.6 is 0 Å². The molecule has 0 aromatic heterocycles. The van der Waals surface area contributed by atoms with Gasteiger partial charge in [0.25, 0.3) is 5.91 Å². The van der Waals surface area contributed by atoms with E-state index < -0.39 is 5.82 Å². The third-order valence-electron chi connectivity index (χ3n) is 3.17. The molecule has 0 aliphatic carbocycles. The summed E-state index contributed by atoms with van der Waals surface area (Å²) >= 11 is 0. The second-order valence-electron chi connectivity index (χ2n) is 5.00. The zero-order chi connectivity index (χ0) is 14.4. The monoisotopic (exact) mass is 266 g/mol. The van der Waals surface area contributed by atoms with E-state index in [0.717, 1.165) is 19.3 Å². The minimum Gasteiger partial charge on any atom is -0.396 e. The van der Waals surface area contributed by atoms with E-state index in [9.17, 15) is 9.18 Å². The van der Waals surface area contributed by atoms with Crippen molar-refractivity contribution in [2.75, 3.05) is 12.3 Å². The Kier molecular flexibility index (Phi) is 5.80. The number of nitrogens with two attached hydrogens (primary N) is 1. The number of anilines is 1. The van der Waals surface area contributed by atoms with Crippen LogP contribution in [0.2, 0.25) is 0 Å². The summed E-state index contributed by atoms with van der Waals surface area (Å²) in [7, 11) is 0. The van der Waals surface area contributed by atoms with Crippen LogP contribution in [0.1, 0.15) is 50.4 Å². The van der Waals surface area contributed by atoms with Crippen LogP contribution in [0.15, 0.2) is 18.2 Å². The van der Waals surface area contributed by atoms with E-state index in [0.29, 0.717) is 6.54 Å². The van der Waals surface area contributed by atoms with Crippen molar-refractivity contribution in [2.45, 2.75) is 46.1 Å². The lowest BCUT2D eigenvalue weighted by Gasteiger charge is -2.27. The zero-order valence-electron chi connectivity index (χ0n) is 11.9. The Balaban J connectivity index is 2.90. The lowest BCUT2D eigenvalue weighted by Crippen LogP contribution is -2.38. The van der Waals surface area contributed by atoms with Crippen LogP contribution in [0.3, 0.4) is 0 Å². The molecular formula is C15H23FN2O. The van der Waals surface area contributed by atoms with Gasteiger partial charge in [-0.2, -0.15) is 0 Å². The Hall–Kier alpha value is -1.58. The third-order valence-corrected chi connectivity index (χ3v) is 3.17. The van der Waals surface area contributed by atoms with Crippen LogP contribution < -0.4 is 5.73 Å². The van der Waals surface area contributed by atoms with Crippen LogP contribution in [0.5, 0.6) is 0 Å². The van der Waals surface area contributed by atoms with Crippen molar-refractivity contribution in [3.63, 3.8) is 0 Å². The quantitative estimate of drug-likeness (QED) is 0.633. The summed E-state index contributed by atoms with van der Waals surface area (Å²) in [5.41, 5.74) is 5.85. The molecule has 0 spiro atoms. The first-order valence-electron chi connectivity index (χ1n) is 6.84. The number of nitrogen functional groups attached to an aromatic ring is 1. The highest BCUT2D eigenvalue weighted by molar-refractivity contribution is 5.99. The number of hydrogen-bond acceptors (Lipinski definition) is 2. The van der Waals surface area contributed by atoms with E-state index in [2.05, 4.69) is 6.92 Å². The van der Waals surface area contributed by atoms with Crippen molar-refractivity contribution in [2.24, 2.45) is 0 Å². The van der Waals surface area contributed by atoms with Crippen LogP contribution in [-0.2, 0) is 0 Å². The van der Waals surface area contributed by atoms with Crippen LogP contribution in [0, 0.1) is 5.82 Å². The van der Waals surface area contributed by atoms with Crippen molar-refractivity contribution in [3.05, 3.63) is 29.6 Å². The molecule has 0 unspecified atom stereocenters. The van der Waals surface area contributed by atoms with Gasteiger partial charge in [-0.1, -0.05) is 25.8 Å². The van der Waals surface area contributed by atoms with Gasteiger partial charge < -0.3 is 10.6 Å². The second-order valence-corrected chi connectivity index (χ2v) is 5.00. The molecule has 0 fully saturated rings. The molecule has 1 aromatic carbocycles. The van der Waals surface area contributed by atoms with E-state index in [1.54, 1.807) is 11.0 Å². The molecule has 0 heterocycles. The van der Waals surface area contributed by atoms with Gasteiger partial charge in [0.15, 0.2) is 0 Å². The number of rotatable bonds is 6. The molecule has 106 valence electrons. The smallest absolute Gasteiger partial charge is 0.256 e. The molecule has 0 atom stereocenters. The first-order valence-corrected chi connectivity index (χ1v) is 6.84. The summed E-state index contributed by atoms with van der Waals surface area (Å²) in [5, 5.41) is 0. The fraction of sp³-hybridized carbons (Fsp3) is 0.533. The number of benzene rings is 1. The topological polar surface area (TPSA) is 46.3 Å². The summed E-state index contributed by atoms with van der Waals surface area (Å²) in [6, 6.07) is 4.44. The Labute approximate surface area is 114 Å². The second kappa shape index (κ2) is 7.12. The molecule has 19 heavy (non-hydrogen) atoms. The predicted molar refractivity (Wildman–Crippen MR) is 76.5 cm³/mol. The number of unbranched alkanes of at least 4 members (excludes halogenated alkanes) is 2. The number of nitrogens with zero attached hydrogens (tertiary/aromatic N) is 1. The number of carbonyl (C=O) groups excluding carboxylic acids is 1. The Bertz CT molecular complexity index is 432. The minimum absolute atomic E-state index is 0.0614. The first-order chi connectivity index (χ1) is 8.99. The average molecular weight is 266 g/mol. The molecule has 0 bridgehead atoms. The van der Waals surface area contributed by atoms with Gasteiger partial charge in [0.05, 0.1) is 11.3 Å². The number of carbonyl (C=O) groups is 1. The molecule has 0 radical (unpaired) electrons. The Morgan fingerprint density at radius 1 is 1.37 bits per heavy atom. The van der Waals surface area contributed by atoms with Crippen molar-refractivity contribution >= 4 is 11.6 Å². The summed E-state index contributed by atoms with van der Waals surface area (Å²) in [6.07, 6.45) is 3.13. The number of para-hydroxylation sites is 1. The highest BCUT2D eigenvalue weighted by Crippen LogP contribution is 2.19. The first kappa shape index (κ1) is 15.5. The Morgan fingerprint density at radius 2 is 2.05 bits per heavy atom. The zero-order valence-corrected chi connectivity index (χ0v) is 11.9. The van der Waals surface area contributed by atoms with E-state index in [1.165, 1.54) is 12.1 Å². The van der Waals surface area contributed by atoms with Crippen molar-refractivity contribution in [1.29, 1.82) is 0 Å². The largest absolute Gasteiger partial charge is 0.396 e. The van der Waals surface area contributed by atoms with Crippen LogP contribution in [0.25, 0.3) is 0 Å². The number of amides is 1. The van der Waals surface area contributed by atoms with Crippen molar-refractivity contribution in [3.8, 4) is 0 Å². The van der Waals surface area contributed by atoms with E-state index in [-0.39, 0.29) is 23.2 Å². The predicted octanol–water partition coefficient (Wildman–Crippen LogP) is 3.45. The highest BCUT2D eigenvalue weighted by Gasteiger charge is 2.21. The molecule has 4 heteroatoms. The van der Waals surface area contributed by atoms with Crippen molar-refractivity contribution < 1.29 is 9.18 Å². The lowest BCUT2D eigenvalue weighted by molar-refractivity contribution is 0.0703. The third kappa shape index (κ3) is 3.94. The molecule has 3 nitrogen and oxygen atoms in total. The van der Waals surface area contributed by atoms with Gasteiger partial charge in [-0.25, -0.2) is 4.39 Å². The van der Waals surface area contributed by atoms with Gasteiger partial charge in [-0.15, -0.1) is 0 Å². The average Bonchev–Trinajstić information content (AvgIpc) is 2.37. The maximum atomic E-state index is 13.4. The standard InChI is InChI=1S/C15H23FN2O/c1-4-5-6-10-18(11(2)3)15(19)12-8-7-9-13(16)14(12)17/h7-9,11H,4-6,10,17H2,1-3H3. The fourth-order valence-electron chi connectivity index (χ4n) is 2.00. The van der Waals surface area contributed by atoms with Crippen molar-refractivity contribution in [1.82, 2.24) is 4.90 Å². The summed E-state index contributed by atoms with van der Waals surface area (Å²) in [4.78, 5) is 14.2. The SMILES string of the molecule is CCCCCN(C(=O)c1cccc(F)c1N)C(C)C. The number of halogens is 1. The maximum Gasteiger partial charge on any atom is 0.256 e. The summed E-state index contributed by atoms with van der Waals surface area (Å²) < 4.78 is 13.4. The van der Waals surface area contributed by atoms with Gasteiger partial charge in [-0.05, 0) is 32.4 Å². The molecule has 2 N–H and O–H groups in total. The summed E-state index contributed by atoms with van der Waals surface area (Å²) in [5.74, 6) is -0.730. The van der Waals surface area contributed by atoms with E-state index >= 15 is 0 Å². The normalized spacial score (nSPS) is 10.8. The van der Waals surface area contributed by atoms with E-state index in [4.69, 9.17) is 5.73 Å². The molecule has 1 aromatic rings. The molecule has 1 amide bonds. The van der Waals surface area contributed by atoms with E-state index in [1.807, 2.05) is 13.8 Å². The number of hydrogen-bond donors (Lipinski definition) is 1. The molecular weight excluding hydrogens is 243 g/mol. The molecule has 1 rings (SSSR count). The Morgan fingerprint density at radius 3 is 2.63 bits per heavy atom. The molecule has 0 aliphatic rings. The summed E-state index contributed by atoms with van der Waals surface area (Å²) in [6.45, 7) is 6.71. The van der Waals surface area contributed by atoms with Crippen LogP contribution in [-0.4, -0.2) is 23.4 Å². The van der Waals surface area contributed by atoms with Gasteiger partial charge in [0.2, 0.25) is 0 Å². The van der Waals surface area contributed by atoms with Gasteiger partial charge >= 0.3 is 0 Å². The molecule has 0 aliphatic heterocycles. The van der Waals surface area contributed by atoms with Gasteiger partial charge in [-0.3, -0.25) is 4.79 Å². The minimum atomic E-state index is -0.539. The molecule has 0 saturated heterocycles. The van der Waals surface area contributed by atoms with Gasteiger partial charge in [0.1, 0.15) is 5.82 Å². The fourth-order valence-corrected chi connectivity index (χ4v) is 2.00.